The van der Waals surface area contributed by atoms with Crippen LogP contribution in [0, 0.1) is 5.82 Å². The van der Waals surface area contributed by atoms with Crippen molar-refractivity contribution in [1.82, 2.24) is 0 Å². The standard InChI is InChI=1S/C14H21FN2O3/c1-5-19-14(18)9(4)17-12-7-13(20-8(2)3)10(15)6-11(12)16/h6-9,17H,5,16H2,1-4H3. The molecule has 0 fully saturated rings. The zero-order valence-electron chi connectivity index (χ0n) is 12.2. The SMILES string of the molecule is CCOC(=O)C(C)Nc1cc(OC(C)C)c(F)cc1N. The van der Waals surface area contributed by atoms with E-state index in [2.05, 4.69) is 5.32 Å². The van der Waals surface area contributed by atoms with Gasteiger partial charge in [-0.1, -0.05) is 0 Å². The van der Waals surface area contributed by atoms with Crippen LogP contribution < -0.4 is 15.8 Å². The summed E-state index contributed by atoms with van der Waals surface area (Å²) in [5, 5.41) is 2.89. The highest BCUT2D eigenvalue weighted by molar-refractivity contribution is 5.81. The molecule has 0 heterocycles. The molecule has 0 amide bonds. The molecule has 0 aromatic heterocycles. The van der Waals surface area contributed by atoms with E-state index in [1.165, 1.54) is 6.07 Å². The molecule has 0 saturated heterocycles. The fourth-order valence-corrected chi connectivity index (χ4v) is 1.60. The Bertz CT molecular complexity index is 478. The van der Waals surface area contributed by atoms with Gasteiger partial charge >= 0.3 is 5.97 Å². The van der Waals surface area contributed by atoms with Crippen LogP contribution in [-0.2, 0) is 9.53 Å². The first-order valence-electron chi connectivity index (χ1n) is 6.54. The van der Waals surface area contributed by atoms with Gasteiger partial charge in [0.05, 0.1) is 24.1 Å². The van der Waals surface area contributed by atoms with Crippen molar-refractivity contribution in [2.24, 2.45) is 0 Å². The lowest BCUT2D eigenvalue weighted by Crippen LogP contribution is -2.28. The molecule has 20 heavy (non-hydrogen) atoms. The minimum absolute atomic E-state index is 0.0905. The number of rotatable bonds is 6. The lowest BCUT2D eigenvalue weighted by atomic mass is 10.2. The van der Waals surface area contributed by atoms with Gasteiger partial charge in [0.1, 0.15) is 6.04 Å². The van der Waals surface area contributed by atoms with E-state index in [0.717, 1.165) is 6.07 Å². The molecule has 1 aromatic rings. The number of carbonyl (C=O) groups is 1. The Hall–Kier alpha value is -1.98. The molecule has 1 atom stereocenters. The topological polar surface area (TPSA) is 73.6 Å². The Kier molecular flexibility index (Phi) is 5.61. The van der Waals surface area contributed by atoms with E-state index < -0.39 is 17.8 Å². The predicted molar refractivity (Wildman–Crippen MR) is 76.3 cm³/mol. The predicted octanol–water partition coefficient (Wildman–Crippen LogP) is 2.56. The van der Waals surface area contributed by atoms with Crippen LogP contribution in [0.4, 0.5) is 15.8 Å². The fraction of sp³-hybridized carbons (Fsp3) is 0.500. The Labute approximate surface area is 118 Å². The highest BCUT2D eigenvalue weighted by Gasteiger charge is 2.17. The van der Waals surface area contributed by atoms with E-state index in [1.54, 1.807) is 27.7 Å². The van der Waals surface area contributed by atoms with Gasteiger partial charge < -0.3 is 20.5 Å². The summed E-state index contributed by atoms with van der Waals surface area (Å²) >= 11 is 0. The molecule has 1 unspecified atom stereocenters. The van der Waals surface area contributed by atoms with Gasteiger partial charge in [0, 0.05) is 12.1 Å². The van der Waals surface area contributed by atoms with Crippen molar-refractivity contribution in [3.05, 3.63) is 17.9 Å². The van der Waals surface area contributed by atoms with Crippen molar-refractivity contribution < 1.29 is 18.7 Å². The van der Waals surface area contributed by atoms with Crippen LogP contribution >= 0.6 is 0 Å². The average molecular weight is 284 g/mol. The Morgan fingerprint density at radius 1 is 1.40 bits per heavy atom. The molecular formula is C14H21FN2O3. The van der Waals surface area contributed by atoms with Gasteiger partial charge in [-0.05, 0) is 27.7 Å². The maximum absolute atomic E-state index is 13.7. The number of hydrogen-bond acceptors (Lipinski definition) is 5. The summed E-state index contributed by atoms with van der Waals surface area (Å²) in [6.45, 7) is 7.26. The lowest BCUT2D eigenvalue weighted by molar-refractivity contribution is -0.143. The molecule has 3 N–H and O–H groups in total. The van der Waals surface area contributed by atoms with E-state index in [0.29, 0.717) is 12.3 Å². The second kappa shape index (κ2) is 6.98. The molecule has 0 aliphatic heterocycles. The van der Waals surface area contributed by atoms with Crippen LogP contribution in [0.5, 0.6) is 5.75 Å². The molecule has 112 valence electrons. The summed E-state index contributed by atoms with van der Waals surface area (Å²) in [4.78, 5) is 11.6. The van der Waals surface area contributed by atoms with Crippen molar-refractivity contribution in [3.63, 3.8) is 0 Å². The van der Waals surface area contributed by atoms with Gasteiger partial charge in [-0.2, -0.15) is 0 Å². The van der Waals surface area contributed by atoms with Crippen molar-refractivity contribution in [3.8, 4) is 5.75 Å². The first-order valence-corrected chi connectivity index (χ1v) is 6.54. The molecular weight excluding hydrogens is 263 g/mol. The van der Waals surface area contributed by atoms with Crippen LogP contribution in [0.2, 0.25) is 0 Å². The van der Waals surface area contributed by atoms with Crippen molar-refractivity contribution >= 4 is 17.3 Å². The van der Waals surface area contributed by atoms with Gasteiger partial charge in [-0.15, -0.1) is 0 Å². The van der Waals surface area contributed by atoms with Crippen LogP contribution in [-0.4, -0.2) is 24.7 Å². The van der Waals surface area contributed by atoms with Crippen molar-refractivity contribution in [2.45, 2.75) is 39.8 Å². The lowest BCUT2D eigenvalue weighted by Gasteiger charge is -2.18. The number of carbonyl (C=O) groups excluding carboxylic acids is 1. The first kappa shape index (κ1) is 16.1. The number of nitrogens with two attached hydrogens (primary N) is 1. The van der Waals surface area contributed by atoms with E-state index in [1.807, 2.05) is 0 Å². The summed E-state index contributed by atoms with van der Waals surface area (Å²) in [5.41, 5.74) is 6.37. The second-order valence-corrected chi connectivity index (χ2v) is 4.65. The van der Waals surface area contributed by atoms with Crippen molar-refractivity contribution in [1.29, 1.82) is 0 Å². The molecule has 1 rings (SSSR count). The first-order chi connectivity index (χ1) is 9.35. The highest BCUT2D eigenvalue weighted by atomic mass is 19.1. The number of esters is 1. The maximum atomic E-state index is 13.7. The van der Waals surface area contributed by atoms with Crippen LogP contribution in [0.1, 0.15) is 27.7 Å². The Balaban J connectivity index is 2.91. The summed E-state index contributed by atoms with van der Waals surface area (Å²) < 4.78 is 23.9. The zero-order chi connectivity index (χ0) is 15.3. The van der Waals surface area contributed by atoms with Gasteiger partial charge in [0.15, 0.2) is 11.6 Å². The number of nitrogen functional groups attached to an aromatic ring is 1. The zero-order valence-corrected chi connectivity index (χ0v) is 12.2. The summed E-state index contributed by atoms with van der Waals surface area (Å²) in [6.07, 6.45) is -0.163. The normalized spacial score (nSPS) is 12.1. The number of halogens is 1. The molecule has 0 bridgehead atoms. The van der Waals surface area contributed by atoms with Crippen LogP contribution in [0.3, 0.4) is 0 Å². The Morgan fingerprint density at radius 2 is 2.05 bits per heavy atom. The third-order valence-electron chi connectivity index (χ3n) is 2.48. The summed E-state index contributed by atoms with van der Waals surface area (Å²) in [7, 11) is 0. The molecule has 6 heteroatoms. The van der Waals surface area contributed by atoms with Gasteiger partial charge in [0.25, 0.3) is 0 Å². The van der Waals surface area contributed by atoms with Gasteiger partial charge in [-0.25, -0.2) is 9.18 Å². The minimum atomic E-state index is -0.588. The number of nitrogens with one attached hydrogen (secondary N) is 1. The van der Waals surface area contributed by atoms with E-state index in [9.17, 15) is 9.18 Å². The van der Waals surface area contributed by atoms with Gasteiger partial charge in [-0.3, -0.25) is 0 Å². The smallest absolute Gasteiger partial charge is 0.328 e. The number of anilines is 2. The number of hydrogen-bond donors (Lipinski definition) is 2. The largest absolute Gasteiger partial charge is 0.488 e. The van der Waals surface area contributed by atoms with Gasteiger partial charge in [0.2, 0.25) is 0 Å². The minimum Gasteiger partial charge on any atom is -0.488 e. The highest BCUT2D eigenvalue weighted by Crippen LogP contribution is 2.29. The monoisotopic (exact) mass is 284 g/mol. The summed E-state index contributed by atoms with van der Waals surface area (Å²) in [6, 6.07) is 2.02. The maximum Gasteiger partial charge on any atom is 0.328 e. The average Bonchev–Trinajstić information content (AvgIpc) is 2.34. The van der Waals surface area contributed by atoms with Crippen LogP contribution in [0.15, 0.2) is 12.1 Å². The second-order valence-electron chi connectivity index (χ2n) is 4.65. The third-order valence-corrected chi connectivity index (χ3v) is 2.48. The van der Waals surface area contributed by atoms with Crippen LogP contribution in [0.25, 0.3) is 0 Å². The number of benzene rings is 1. The Morgan fingerprint density at radius 3 is 2.60 bits per heavy atom. The fourth-order valence-electron chi connectivity index (χ4n) is 1.60. The molecule has 0 aliphatic rings. The molecule has 0 spiro atoms. The van der Waals surface area contributed by atoms with E-state index >= 15 is 0 Å². The summed E-state index contributed by atoms with van der Waals surface area (Å²) in [5.74, 6) is -0.846. The third kappa shape index (κ3) is 4.29. The van der Waals surface area contributed by atoms with E-state index in [-0.39, 0.29) is 17.5 Å². The number of ether oxygens (including phenoxy) is 2. The molecule has 0 saturated carbocycles. The molecule has 0 radical (unpaired) electrons. The van der Waals surface area contributed by atoms with E-state index in [4.69, 9.17) is 15.2 Å². The molecule has 1 aromatic carbocycles. The quantitative estimate of drug-likeness (QED) is 0.620. The molecule has 5 nitrogen and oxygen atoms in total. The molecule has 0 aliphatic carbocycles. The van der Waals surface area contributed by atoms with Crippen molar-refractivity contribution in [2.75, 3.05) is 17.7 Å².